The molecule has 0 aromatic heterocycles. The highest BCUT2D eigenvalue weighted by molar-refractivity contribution is 7.90. The fraction of sp³-hybridized carbons (Fsp3) is 0.364. The molecule has 0 aliphatic heterocycles. The largest absolute Gasteiger partial charge is 0.462 e. The monoisotopic (exact) mass is 307 g/mol. The van der Waals surface area contributed by atoms with Gasteiger partial charge in [0.1, 0.15) is 0 Å². The second kappa shape index (κ2) is 6.23. The van der Waals surface area contributed by atoms with E-state index in [1.165, 1.54) is 19.2 Å². The van der Waals surface area contributed by atoms with Gasteiger partial charge in [-0.3, -0.25) is 10.3 Å². The first kappa shape index (κ1) is 15.7. The van der Waals surface area contributed by atoms with Crippen molar-refractivity contribution in [2.24, 2.45) is 0 Å². The van der Waals surface area contributed by atoms with Gasteiger partial charge in [-0.1, -0.05) is 11.6 Å². The Kier molecular flexibility index (Phi) is 5.16. The summed E-state index contributed by atoms with van der Waals surface area (Å²) in [7, 11) is -2.21. The molecule has 0 aliphatic rings. The van der Waals surface area contributed by atoms with Gasteiger partial charge < -0.3 is 4.74 Å². The van der Waals surface area contributed by atoms with Gasteiger partial charge in [0.25, 0.3) is 0 Å². The van der Waals surface area contributed by atoms with Crippen molar-refractivity contribution in [1.82, 2.24) is 0 Å². The average Bonchev–Trinajstić information content (AvgIpc) is 2.30. The third kappa shape index (κ3) is 3.59. The SMILES string of the molecule is CCOC(=O)c1ccc(S(C)(=O)=O)c(NOC)c1Cl. The highest BCUT2D eigenvalue weighted by Gasteiger charge is 2.22. The number of carbonyl (C=O) groups is 1. The van der Waals surface area contributed by atoms with Crippen molar-refractivity contribution in [3.05, 3.63) is 22.7 Å². The second-order valence-corrected chi connectivity index (χ2v) is 5.96. The zero-order valence-electron chi connectivity index (χ0n) is 10.7. The Morgan fingerprint density at radius 2 is 2.05 bits per heavy atom. The van der Waals surface area contributed by atoms with Crippen LogP contribution in [0, 0.1) is 0 Å². The second-order valence-electron chi connectivity index (χ2n) is 3.60. The first-order valence-corrected chi connectivity index (χ1v) is 7.58. The molecular weight excluding hydrogens is 294 g/mol. The molecule has 0 radical (unpaired) electrons. The zero-order valence-corrected chi connectivity index (χ0v) is 12.3. The van der Waals surface area contributed by atoms with Crippen LogP contribution in [-0.2, 0) is 19.4 Å². The lowest BCUT2D eigenvalue weighted by atomic mass is 10.2. The molecule has 8 heteroatoms. The molecule has 0 saturated heterocycles. The topological polar surface area (TPSA) is 81.7 Å². The maximum atomic E-state index is 11.7. The van der Waals surface area contributed by atoms with E-state index in [4.69, 9.17) is 16.3 Å². The van der Waals surface area contributed by atoms with Crippen molar-refractivity contribution >= 4 is 33.1 Å². The van der Waals surface area contributed by atoms with Crippen LogP contribution in [0.3, 0.4) is 0 Å². The number of hydrogen-bond acceptors (Lipinski definition) is 6. The van der Waals surface area contributed by atoms with Crippen molar-refractivity contribution in [3.63, 3.8) is 0 Å². The van der Waals surface area contributed by atoms with Gasteiger partial charge in [0.15, 0.2) is 9.84 Å². The normalized spacial score (nSPS) is 11.2. The van der Waals surface area contributed by atoms with E-state index in [0.29, 0.717) is 0 Å². The first-order valence-electron chi connectivity index (χ1n) is 5.31. The number of benzene rings is 1. The Labute approximate surface area is 116 Å². The summed E-state index contributed by atoms with van der Waals surface area (Å²) in [5.41, 5.74) is 2.45. The summed E-state index contributed by atoms with van der Waals surface area (Å²) in [6.07, 6.45) is 1.03. The Balaban J connectivity index is 3.43. The molecule has 1 rings (SSSR count). The molecular formula is C11H14ClNO5S. The van der Waals surface area contributed by atoms with Crippen molar-refractivity contribution in [2.75, 3.05) is 25.5 Å². The smallest absolute Gasteiger partial charge is 0.339 e. The molecule has 0 spiro atoms. The van der Waals surface area contributed by atoms with E-state index < -0.39 is 15.8 Å². The van der Waals surface area contributed by atoms with Crippen LogP contribution in [0.2, 0.25) is 5.02 Å². The zero-order chi connectivity index (χ0) is 14.6. The molecule has 0 amide bonds. The van der Waals surface area contributed by atoms with Crippen molar-refractivity contribution < 1.29 is 22.8 Å². The van der Waals surface area contributed by atoms with Gasteiger partial charge in [0, 0.05) is 6.26 Å². The highest BCUT2D eigenvalue weighted by Crippen LogP contribution is 2.33. The molecule has 1 N–H and O–H groups in total. The summed E-state index contributed by atoms with van der Waals surface area (Å²) in [6, 6.07) is 2.58. The summed E-state index contributed by atoms with van der Waals surface area (Å²) in [5, 5.41) is -0.0665. The predicted octanol–water partition coefficient (Wildman–Crippen LogP) is 1.89. The third-order valence-corrected chi connectivity index (χ3v) is 3.73. The number of hydrogen-bond donors (Lipinski definition) is 1. The van der Waals surface area contributed by atoms with Crippen molar-refractivity contribution in [1.29, 1.82) is 0 Å². The van der Waals surface area contributed by atoms with Crippen molar-refractivity contribution in [2.45, 2.75) is 11.8 Å². The lowest BCUT2D eigenvalue weighted by Crippen LogP contribution is -2.11. The Morgan fingerprint density at radius 1 is 1.42 bits per heavy atom. The lowest BCUT2D eigenvalue weighted by molar-refractivity contribution is 0.0526. The molecule has 19 heavy (non-hydrogen) atoms. The van der Waals surface area contributed by atoms with E-state index in [1.807, 2.05) is 0 Å². The molecule has 0 aliphatic carbocycles. The molecule has 1 aromatic carbocycles. The summed E-state index contributed by atoms with van der Waals surface area (Å²) < 4.78 is 28.1. The Morgan fingerprint density at radius 3 is 2.53 bits per heavy atom. The maximum absolute atomic E-state index is 11.7. The van der Waals surface area contributed by atoms with Gasteiger partial charge in [-0.25, -0.2) is 13.2 Å². The van der Waals surface area contributed by atoms with Gasteiger partial charge in [-0.05, 0) is 19.1 Å². The first-order chi connectivity index (χ1) is 8.82. The number of anilines is 1. The molecule has 6 nitrogen and oxygen atoms in total. The summed E-state index contributed by atoms with van der Waals surface area (Å²) in [6.45, 7) is 1.85. The van der Waals surface area contributed by atoms with E-state index in [2.05, 4.69) is 10.3 Å². The number of carbonyl (C=O) groups excluding carboxylic acids is 1. The fourth-order valence-corrected chi connectivity index (χ4v) is 2.60. The van der Waals surface area contributed by atoms with Gasteiger partial charge in [-0.15, -0.1) is 0 Å². The van der Waals surface area contributed by atoms with Crippen molar-refractivity contribution in [3.8, 4) is 0 Å². The minimum absolute atomic E-state index is 0.0113. The van der Waals surface area contributed by atoms with E-state index in [0.717, 1.165) is 6.26 Å². The molecule has 0 bridgehead atoms. The van der Waals surface area contributed by atoms with Gasteiger partial charge >= 0.3 is 5.97 Å². The van der Waals surface area contributed by atoms with Crippen LogP contribution in [-0.4, -0.2) is 34.4 Å². The van der Waals surface area contributed by atoms with Crippen LogP contribution in [0.15, 0.2) is 17.0 Å². The number of sulfone groups is 1. The Hall–Kier alpha value is -1.31. The van der Waals surface area contributed by atoms with Crippen LogP contribution in [0.5, 0.6) is 0 Å². The van der Waals surface area contributed by atoms with Crippen LogP contribution in [0.1, 0.15) is 17.3 Å². The molecule has 0 unspecified atom stereocenters. The molecule has 0 atom stereocenters. The molecule has 0 heterocycles. The highest BCUT2D eigenvalue weighted by atomic mass is 35.5. The molecule has 0 fully saturated rings. The molecule has 106 valence electrons. The summed E-state index contributed by atoms with van der Waals surface area (Å²) >= 11 is 6.02. The maximum Gasteiger partial charge on any atom is 0.339 e. The average molecular weight is 308 g/mol. The van der Waals surface area contributed by atoms with Gasteiger partial charge in [-0.2, -0.15) is 0 Å². The number of halogens is 1. The van der Waals surface area contributed by atoms with Crippen LogP contribution < -0.4 is 5.48 Å². The summed E-state index contributed by atoms with van der Waals surface area (Å²) in [5.74, 6) is -0.633. The third-order valence-electron chi connectivity index (χ3n) is 2.20. The number of esters is 1. The van der Waals surface area contributed by atoms with Gasteiger partial charge in [0.2, 0.25) is 0 Å². The van der Waals surface area contributed by atoms with E-state index in [1.54, 1.807) is 6.92 Å². The summed E-state index contributed by atoms with van der Waals surface area (Å²) in [4.78, 5) is 16.3. The van der Waals surface area contributed by atoms with Gasteiger partial charge in [0.05, 0.1) is 34.9 Å². The van der Waals surface area contributed by atoms with E-state index >= 15 is 0 Å². The van der Waals surface area contributed by atoms with Crippen LogP contribution in [0.25, 0.3) is 0 Å². The lowest BCUT2D eigenvalue weighted by Gasteiger charge is -2.13. The van der Waals surface area contributed by atoms with E-state index in [9.17, 15) is 13.2 Å². The fourth-order valence-electron chi connectivity index (χ4n) is 1.43. The molecule has 1 aromatic rings. The minimum atomic E-state index is -3.51. The Bertz CT molecular complexity index is 585. The van der Waals surface area contributed by atoms with Crippen LogP contribution >= 0.6 is 11.6 Å². The molecule has 0 saturated carbocycles. The standard InChI is InChI=1S/C11H14ClNO5S/c1-4-18-11(14)7-5-6-8(19(3,15)16)10(9(7)12)13-17-2/h5-6,13H,4H2,1-3H3. The predicted molar refractivity (Wildman–Crippen MR) is 71.2 cm³/mol. The minimum Gasteiger partial charge on any atom is -0.462 e. The quantitative estimate of drug-likeness (QED) is 0.661. The number of rotatable bonds is 5. The number of nitrogens with one attached hydrogen (secondary N) is 1. The number of ether oxygens (including phenoxy) is 1. The van der Waals surface area contributed by atoms with Crippen LogP contribution in [0.4, 0.5) is 5.69 Å². The van der Waals surface area contributed by atoms with E-state index in [-0.39, 0.29) is 27.8 Å².